The molecule has 0 aromatic heterocycles. The van der Waals surface area contributed by atoms with Gasteiger partial charge in [-0.3, -0.25) is 0 Å². The molecular formula is C12H18O4. The maximum absolute atomic E-state index is 11.6. The van der Waals surface area contributed by atoms with Gasteiger partial charge >= 0.3 is 5.97 Å². The second-order valence-electron chi connectivity index (χ2n) is 4.53. The van der Waals surface area contributed by atoms with Gasteiger partial charge in [0.25, 0.3) is 0 Å². The Kier molecular flexibility index (Phi) is 3.30. The van der Waals surface area contributed by atoms with Crippen LogP contribution in [0.5, 0.6) is 0 Å². The van der Waals surface area contributed by atoms with Crippen molar-refractivity contribution in [2.45, 2.75) is 57.3 Å². The number of unbranched alkanes of at least 4 members (excludes halogenated alkanes) is 1. The summed E-state index contributed by atoms with van der Waals surface area (Å²) in [5, 5.41) is 19.3. The summed E-state index contributed by atoms with van der Waals surface area (Å²) in [4.78, 5) is 11.6. The fraction of sp³-hybridized carbons (Fsp3) is 0.750. The van der Waals surface area contributed by atoms with E-state index in [0.717, 1.165) is 24.8 Å². The van der Waals surface area contributed by atoms with E-state index >= 15 is 0 Å². The van der Waals surface area contributed by atoms with Gasteiger partial charge in [0.05, 0.1) is 11.7 Å². The summed E-state index contributed by atoms with van der Waals surface area (Å²) in [6.45, 7) is 2.09. The smallest absolute Gasteiger partial charge is 0.337 e. The molecule has 0 fully saturated rings. The lowest BCUT2D eigenvalue weighted by atomic mass is 9.85. The lowest BCUT2D eigenvalue weighted by Gasteiger charge is -2.24. The van der Waals surface area contributed by atoms with E-state index in [1.165, 1.54) is 0 Å². The van der Waals surface area contributed by atoms with Gasteiger partial charge in [-0.25, -0.2) is 4.79 Å². The summed E-state index contributed by atoms with van der Waals surface area (Å²) in [6.07, 6.45) is 2.02. The molecule has 0 amide bonds. The molecule has 1 aliphatic carbocycles. The predicted octanol–water partition coefficient (Wildman–Crippen LogP) is 0.914. The Hall–Kier alpha value is -0.870. The third-order valence-corrected chi connectivity index (χ3v) is 3.39. The molecule has 2 rings (SSSR count). The number of cyclic esters (lactones) is 1. The molecule has 4 heteroatoms. The predicted molar refractivity (Wildman–Crippen MR) is 57.7 cm³/mol. The van der Waals surface area contributed by atoms with E-state index in [2.05, 4.69) is 6.92 Å². The summed E-state index contributed by atoms with van der Waals surface area (Å²) >= 11 is 0. The zero-order chi connectivity index (χ0) is 11.7. The Morgan fingerprint density at radius 1 is 1.44 bits per heavy atom. The molecule has 0 saturated heterocycles. The first-order valence-electron chi connectivity index (χ1n) is 5.95. The molecule has 2 aliphatic rings. The third-order valence-electron chi connectivity index (χ3n) is 3.39. The van der Waals surface area contributed by atoms with Crippen molar-refractivity contribution >= 4 is 5.97 Å². The molecule has 4 nitrogen and oxygen atoms in total. The van der Waals surface area contributed by atoms with Crippen LogP contribution in [0, 0.1) is 0 Å². The molecular weight excluding hydrogens is 208 g/mol. The lowest BCUT2D eigenvalue weighted by Crippen LogP contribution is -2.33. The highest BCUT2D eigenvalue weighted by molar-refractivity contribution is 5.93. The molecule has 0 aromatic carbocycles. The van der Waals surface area contributed by atoms with Crippen molar-refractivity contribution in [3.05, 3.63) is 11.1 Å². The number of ether oxygens (including phenoxy) is 1. The van der Waals surface area contributed by atoms with E-state index in [0.29, 0.717) is 18.4 Å². The number of carbonyl (C=O) groups is 1. The number of carbonyl (C=O) groups excluding carboxylic acids is 1. The Morgan fingerprint density at radius 3 is 2.88 bits per heavy atom. The Morgan fingerprint density at radius 2 is 2.19 bits per heavy atom. The lowest BCUT2D eigenvalue weighted by molar-refractivity contribution is -0.141. The van der Waals surface area contributed by atoms with Crippen LogP contribution in [0.25, 0.3) is 0 Å². The number of hydrogen-bond donors (Lipinski definition) is 2. The van der Waals surface area contributed by atoms with Crippen molar-refractivity contribution in [3.63, 3.8) is 0 Å². The van der Waals surface area contributed by atoms with Gasteiger partial charge in [0.1, 0.15) is 12.2 Å². The molecule has 2 N–H and O–H groups in total. The second-order valence-corrected chi connectivity index (χ2v) is 4.53. The number of rotatable bonds is 3. The molecule has 3 atom stereocenters. The highest BCUT2D eigenvalue weighted by Crippen LogP contribution is 2.36. The summed E-state index contributed by atoms with van der Waals surface area (Å²) in [6, 6.07) is 0. The van der Waals surface area contributed by atoms with Crippen molar-refractivity contribution in [2.75, 3.05) is 0 Å². The largest absolute Gasteiger partial charge is 0.454 e. The standard InChI is InChI=1S/C12H18O4/c1-2-3-4-9-7-5-6-8(13)11(14)10(7)12(15)16-9/h8-9,11,13-14H,2-6H2,1H3/t8-,9-,11+/m0/s1. The van der Waals surface area contributed by atoms with Gasteiger partial charge in [-0.2, -0.15) is 0 Å². The average Bonchev–Trinajstić information content (AvgIpc) is 2.58. The zero-order valence-corrected chi connectivity index (χ0v) is 9.48. The van der Waals surface area contributed by atoms with Crippen LogP contribution in [-0.2, 0) is 9.53 Å². The van der Waals surface area contributed by atoms with E-state index in [4.69, 9.17) is 4.74 Å². The summed E-state index contributed by atoms with van der Waals surface area (Å²) in [5.41, 5.74) is 1.23. The molecule has 1 aliphatic heterocycles. The summed E-state index contributed by atoms with van der Waals surface area (Å²) in [5.74, 6) is -0.442. The van der Waals surface area contributed by atoms with Crippen LogP contribution in [0.3, 0.4) is 0 Å². The SMILES string of the molecule is CCCC[C@@H]1OC(=O)C2=C1CC[C@H](O)[C@H]2O. The van der Waals surface area contributed by atoms with Crippen LogP contribution in [-0.4, -0.2) is 34.5 Å². The van der Waals surface area contributed by atoms with E-state index in [-0.39, 0.29) is 6.10 Å². The first-order valence-corrected chi connectivity index (χ1v) is 5.95. The minimum absolute atomic E-state index is 0.162. The van der Waals surface area contributed by atoms with Gasteiger partial charge in [-0.1, -0.05) is 13.3 Å². The first-order chi connectivity index (χ1) is 7.65. The second kappa shape index (κ2) is 4.55. The van der Waals surface area contributed by atoms with Gasteiger partial charge in [0.2, 0.25) is 0 Å². The highest BCUT2D eigenvalue weighted by Gasteiger charge is 2.42. The van der Waals surface area contributed by atoms with Crippen molar-refractivity contribution < 1.29 is 19.7 Å². The maximum Gasteiger partial charge on any atom is 0.337 e. The average molecular weight is 226 g/mol. The minimum atomic E-state index is -1.05. The monoisotopic (exact) mass is 226 g/mol. The normalized spacial score (nSPS) is 33.9. The van der Waals surface area contributed by atoms with E-state index in [1.54, 1.807) is 0 Å². The van der Waals surface area contributed by atoms with Gasteiger partial charge in [-0.05, 0) is 31.3 Å². The molecule has 1 heterocycles. The zero-order valence-electron chi connectivity index (χ0n) is 9.48. The van der Waals surface area contributed by atoms with Crippen LogP contribution in [0.4, 0.5) is 0 Å². The van der Waals surface area contributed by atoms with Crippen molar-refractivity contribution in [2.24, 2.45) is 0 Å². The Bertz CT molecular complexity index is 321. The topological polar surface area (TPSA) is 66.8 Å². The van der Waals surface area contributed by atoms with Gasteiger partial charge < -0.3 is 14.9 Å². The van der Waals surface area contributed by atoms with E-state index in [1.807, 2.05) is 0 Å². The molecule has 0 radical (unpaired) electrons. The van der Waals surface area contributed by atoms with E-state index < -0.39 is 18.2 Å². The summed E-state index contributed by atoms with van der Waals surface area (Å²) < 4.78 is 5.25. The number of aliphatic hydroxyl groups is 2. The van der Waals surface area contributed by atoms with Gasteiger partial charge in [0, 0.05) is 0 Å². The van der Waals surface area contributed by atoms with Crippen LogP contribution in [0.2, 0.25) is 0 Å². The quantitative estimate of drug-likeness (QED) is 0.702. The minimum Gasteiger partial charge on any atom is -0.454 e. The molecule has 0 aromatic rings. The Labute approximate surface area is 94.9 Å². The highest BCUT2D eigenvalue weighted by atomic mass is 16.5. The van der Waals surface area contributed by atoms with Crippen LogP contribution >= 0.6 is 0 Å². The fourth-order valence-corrected chi connectivity index (χ4v) is 2.45. The van der Waals surface area contributed by atoms with Crippen LogP contribution < -0.4 is 0 Å². The van der Waals surface area contributed by atoms with E-state index in [9.17, 15) is 15.0 Å². The number of hydrogen-bond acceptors (Lipinski definition) is 4. The Balaban J connectivity index is 2.17. The molecule has 90 valence electrons. The van der Waals surface area contributed by atoms with Gasteiger partial charge in [-0.15, -0.1) is 0 Å². The van der Waals surface area contributed by atoms with Crippen molar-refractivity contribution in [3.8, 4) is 0 Å². The number of esters is 1. The summed E-state index contributed by atoms with van der Waals surface area (Å²) in [7, 11) is 0. The van der Waals surface area contributed by atoms with Crippen molar-refractivity contribution in [1.29, 1.82) is 0 Å². The molecule has 0 saturated carbocycles. The van der Waals surface area contributed by atoms with Gasteiger partial charge in [0.15, 0.2) is 0 Å². The van der Waals surface area contributed by atoms with Crippen LogP contribution in [0.1, 0.15) is 39.0 Å². The molecule has 0 bridgehead atoms. The maximum atomic E-state index is 11.6. The number of aliphatic hydroxyl groups excluding tert-OH is 2. The third kappa shape index (κ3) is 1.87. The molecule has 0 unspecified atom stereocenters. The van der Waals surface area contributed by atoms with Crippen LogP contribution in [0.15, 0.2) is 11.1 Å². The fourth-order valence-electron chi connectivity index (χ4n) is 2.45. The molecule has 0 spiro atoms. The first kappa shape index (κ1) is 11.6. The van der Waals surface area contributed by atoms with Crippen molar-refractivity contribution in [1.82, 2.24) is 0 Å². The molecule has 16 heavy (non-hydrogen) atoms.